The fourth-order valence-electron chi connectivity index (χ4n) is 4.91. The molecule has 4 aromatic carbocycles. The summed E-state index contributed by atoms with van der Waals surface area (Å²) in [6, 6.07) is 31.6. The quantitative estimate of drug-likeness (QED) is 0.111. The fourth-order valence-corrected chi connectivity index (χ4v) is 5.98. The van der Waals surface area contributed by atoms with Gasteiger partial charge in [0, 0.05) is 26.7 Å². The molecular formula is C32H34N4S. The van der Waals surface area contributed by atoms with Crippen molar-refractivity contribution in [3.05, 3.63) is 96.1 Å². The molecule has 37 heavy (non-hydrogen) atoms. The molecule has 0 saturated carbocycles. The minimum absolute atomic E-state index is 0.158. The molecule has 0 fully saturated rings. The van der Waals surface area contributed by atoms with Gasteiger partial charge < -0.3 is 16.8 Å². The summed E-state index contributed by atoms with van der Waals surface area (Å²) in [5.74, 6) is 0.158. The van der Waals surface area contributed by atoms with Crippen molar-refractivity contribution in [1.82, 2.24) is 5.32 Å². The van der Waals surface area contributed by atoms with Crippen LogP contribution in [0.2, 0.25) is 0 Å². The van der Waals surface area contributed by atoms with E-state index in [-0.39, 0.29) is 5.96 Å². The fraction of sp³-hybridized carbons (Fsp3) is 0.219. The lowest BCUT2D eigenvalue weighted by atomic mass is 9.97. The van der Waals surface area contributed by atoms with Crippen LogP contribution in [0.1, 0.15) is 24.0 Å². The largest absolute Gasteiger partial charge is 0.370 e. The molecule has 188 valence electrons. The summed E-state index contributed by atoms with van der Waals surface area (Å²) in [7, 11) is 2.01. The standard InChI is InChI=1S/C32H34N4S/c1-35-16-4-8-22-6-2-10-24(18-22)26-12-14-30-28(20-26)29-21-27(13-15-31(29)37-30)25-11-3-7-23(19-25)9-5-17-36-32(33)34/h2-3,6-7,10-15,18-21,35H,4-5,8-9,16-17H2,1H3,(H4,33,34,36). The highest BCUT2D eigenvalue weighted by Gasteiger charge is 2.10. The molecule has 0 amide bonds. The predicted molar refractivity (Wildman–Crippen MR) is 161 cm³/mol. The Morgan fingerprint density at radius 2 is 1.24 bits per heavy atom. The molecule has 0 atom stereocenters. The Morgan fingerprint density at radius 3 is 1.78 bits per heavy atom. The van der Waals surface area contributed by atoms with Crippen molar-refractivity contribution in [3.8, 4) is 22.3 Å². The maximum Gasteiger partial charge on any atom is 0.185 e. The van der Waals surface area contributed by atoms with E-state index in [0.29, 0.717) is 6.54 Å². The van der Waals surface area contributed by atoms with E-state index in [1.165, 1.54) is 53.6 Å². The van der Waals surface area contributed by atoms with Crippen LogP contribution in [0.25, 0.3) is 42.4 Å². The number of hydrogen-bond donors (Lipinski definition) is 3. The van der Waals surface area contributed by atoms with Gasteiger partial charge in [-0.3, -0.25) is 4.99 Å². The number of hydrogen-bond acceptors (Lipinski definition) is 3. The Hall–Kier alpha value is -3.67. The van der Waals surface area contributed by atoms with Gasteiger partial charge in [-0.05, 0) is 96.9 Å². The maximum atomic E-state index is 5.45. The third-order valence-corrected chi connectivity index (χ3v) is 7.95. The second kappa shape index (κ2) is 11.6. The van der Waals surface area contributed by atoms with E-state index < -0.39 is 0 Å². The number of benzene rings is 4. The molecule has 0 aliphatic rings. The van der Waals surface area contributed by atoms with E-state index in [1.54, 1.807) is 0 Å². The Bertz CT molecular complexity index is 1550. The first kappa shape index (κ1) is 25.0. The van der Waals surface area contributed by atoms with E-state index in [0.717, 1.165) is 32.2 Å². The van der Waals surface area contributed by atoms with Crippen LogP contribution in [-0.4, -0.2) is 26.1 Å². The second-order valence-corrected chi connectivity index (χ2v) is 10.6. The van der Waals surface area contributed by atoms with Crippen molar-refractivity contribution in [2.45, 2.75) is 25.7 Å². The lowest BCUT2D eigenvalue weighted by molar-refractivity contribution is 0.725. The molecule has 0 bridgehead atoms. The van der Waals surface area contributed by atoms with Gasteiger partial charge >= 0.3 is 0 Å². The highest BCUT2D eigenvalue weighted by molar-refractivity contribution is 7.25. The SMILES string of the molecule is CNCCCc1cccc(-c2ccc3sc4ccc(-c5cccc(CCCN=C(N)N)c5)cc4c3c2)c1. The molecule has 5 aromatic rings. The summed E-state index contributed by atoms with van der Waals surface area (Å²) in [6.45, 7) is 1.70. The molecule has 0 aliphatic heterocycles. The first-order valence-electron chi connectivity index (χ1n) is 13.0. The molecule has 0 spiro atoms. The number of nitrogens with two attached hydrogens (primary N) is 2. The third kappa shape index (κ3) is 6.01. The summed E-state index contributed by atoms with van der Waals surface area (Å²) in [5, 5.41) is 5.89. The topological polar surface area (TPSA) is 76.4 Å². The summed E-state index contributed by atoms with van der Waals surface area (Å²) >= 11 is 1.87. The molecule has 0 radical (unpaired) electrons. The number of aliphatic imine (C=N–C) groups is 1. The Balaban J connectivity index is 1.44. The average Bonchev–Trinajstić information content (AvgIpc) is 3.29. The molecule has 1 heterocycles. The van der Waals surface area contributed by atoms with Gasteiger partial charge in [0.15, 0.2) is 5.96 Å². The lowest BCUT2D eigenvalue weighted by Gasteiger charge is -2.07. The van der Waals surface area contributed by atoms with Gasteiger partial charge in [-0.1, -0.05) is 60.7 Å². The number of guanidine groups is 1. The summed E-state index contributed by atoms with van der Waals surface area (Å²) < 4.78 is 2.65. The van der Waals surface area contributed by atoms with Crippen molar-refractivity contribution in [2.24, 2.45) is 16.5 Å². The van der Waals surface area contributed by atoms with Crippen molar-refractivity contribution in [1.29, 1.82) is 0 Å². The number of rotatable bonds is 10. The predicted octanol–water partition coefficient (Wildman–Crippen LogP) is 6.75. The number of nitrogens with zero attached hydrogens (tertiary/aromatic N) is 1. The van der Waals surface area contributed by atoms with Crippen LogP contribution in [0.4, 0.5) is 0 Å². The van der Waals surface area contributed by atoms with Crippen molar-refractivity contribution < 1.29 is 0 Å². The average molecular weight is 507 g/mol. The van der Waals surface area contributed by atoms with Gasteiger partial charge in [-0.2, -0.15) is 0 Å². The van der Waals surface area contributed by atoms with Gasteiger partial charge in [0.05, 0.1) is 0 Å². The van der Waals surface area contributed by atoms with E-state index in [4.69, 9.17) is 11.5 Å². The van der Waals surface area contributed by atoms with Crippen LogP contribution in [-0.2, 0) is 12.8 Å². The van der Waals surface area contributed by atoms with Gasteiger partial charge in [0.1, 0.15) is 0 Å². The molecule has 4 nitrogen and oxygen atoms in total. The van der Waals surface area contributed by atoms with Crippen molar-refractivity contribution in [3.63, 3.8) is 0 Å². The highest BCUT2D eigenvalue weighted by atomic mass is 32.1. The number of aryl methyl sites for hydroxylation is 2. The first-order chi connectivity index (χ1) is 18.1. The van der Waals surface area contributed by atoms with E-state index in [2.05, 4.69) is 95.2 Å². The van der Waals surface area contributed by atoms with Gasteiger partial charge in [-0.25, -0.2) is 0 Å². The molecule has 5 heteroatoms. The molecule has 0 saturated heterocycles. The van der Waals surface area contributed by atoms with Crippen LogP contribution >= 0.6 is 11.3 Å². The molecule has 0 aliphatic carbocycles. The molecular weight excluding hydrogens is 472 g/mol. The molecule has 5 N–H and O–H groups in total. The van der Waals surface area contributed by atoms with Crippen LogP contribution in [0.15, 0.2) is 89.9 Å². The lowest BCUT2D eigenvalue weighted by Crippen LogP contribution is -2.23. The monoisotopic (exact) mass is 506 g/mol. The Labute approximate surface area is 223 Å². The summed E-state index contributed by atoms with van der Waals surface area (Å²) in [5.41, 5.74) is 18.6. The minimum atomic E-state index is 0.158. The zero-order chi connectivity index (χ0) is 25.6. The molecule has 1 aromatic heterocycles. The normalized spacial score (nSPS) is 11.3. The first-order valence-corrected chi connectivity index (χ1v) is 13.8. The second-order valence-electron chi connectivity index (χ2n) is 9.54. The van der Waals surface area contributed by atoms with Crippen molar-refractivity contribution in [2.75, 3.05) is 20.1 Å². The van der Waals surface area contributed by atoms with Crippen LogP contribution in [0, 0.1) is 0 Å². The van der Waals surface area contributed by atoms with Gasteiger partial charge in [-0.15, -0.1) is 11.3 Å². The van der Waals surface area contributed by atoms with Gasteiger partial charge in [0.25, 0.3) is 0 Å². The number of thiophene rings is 1. The van der Waals surface area contributed by atoms with E-state index in [9.17, 15) is 0 Å². The van der Waals surface area contributed by atoms with Crippen molar-refractivity contribution >= 4 is 37.5 Å². The Morgan fingerprint density at radius 1 is 0.703 bits per heavy atom. The minimum Gasteiger partial charge on any atom is -0.370 e. The number of fused-ring (bicyclic) bond motifs is 3. The zero-order valence-electron chi connectivity index (χ0n) is 21.3. The zero-order valence-corrected chi connectivity index (χ0v) is 22.2. The van der Waals surface area contributed by atoms with Crippen LogP contribution in [0.3, 0.4) is 0 Å². The molecule has 5 rings (SSSR count). The molecule has 0 unspecified atom stereocenters. The number of nitrogens with one attached hydrogen (secondary N) is 1. The van der Waals surface area contributed by atoms with E-state index >= 15 is 0 Å². The smallest absolute Gasteiger partial charge is 0.185 e. The Kier molecular flexibility index (Phi) is 7.83. The third-order valence-electron chi connectivity index (χ3n) is 6.80. The van der Waals surface area contributed by atoms with Crippen LogP contribution in [0.5, 0.6) is 0 Å². The summed E-state index contributed by atoms with van der Waals surface area (Å²) in [6.07, 6.45) is 4.12. The van der Waals surface area contributed by atoms with Gasteiger partial charge in [0.2, 0.25) is 0 Å². The highest BCUT2D eigenvalue weighted by Crippen LogP contribution is 2.38. The van der Waals surface area contributed by atoms with E-state index in [1.807, 2.05) is 18.4 Å². The maximum absolute atomic E-state index is 5.45. The summed E-state index contributed by atoms with van der Waals surface area (Å²) in [4.78, 5) is 4.10. The van der Waals surface area contributed by atoms with Crippen LogP contribution < -0.4 is 16.8 Å².